The summed E-state index contributed by atoms with van der Waals surface area (Å²) in [6, 6.07) is 3.86. The molecule has 226 valence electrons. The van der Waals surface area contributed by atoms with Crippen molar-refractivity contribution in [2.24, 2.45) is 0 Å². The molecule has 3 aromatic rings. The molecule has 2 fully saturated rings. The number of aryl methyl sites for hydroxylation is 1. The van der Waals surface area contributed by atoms with Gasteiger partial charge in [-0.15, -0.1) is 0 Å². The van der Waals surface area contributed by atoms with Crippen molar-refractivity contribution in [1.29, 1.82) is 0 Å². The second kappa shape index (κ2) is 10.2. The van der Waals surface area contributed by atoms with Gasteiger partial charge in [-0.2, -0.15) is 0 Å². The Morgan fingerprint density at radius 2 is 1.65 bits per heavy atom. The van der Waals surface area contributed by atoms with Crippen LogP contribution in [-0.2, 0) is 5.41 Å². The number of carbonyl (C=O) groups is 2. The summed E-state index contributed by atoms with van der Waals surface area (Å²) >= 11 is 0. The standard InChI is InChI=1S/C32H36F2N6O3/c1-18-19(2)27(36-20(3)25(18)30(42)43)38-12-13-40(31(4,5)16-38)29(41)24-15-35-28-26(37-24)32(10-6-7-11-32)17-39(28)21-8-9-22(33)23(34)14-21/h8-9,14-15H,6-7,10-13,16-17H2,1-5H3,(H,42,43). The minimum absolute atomic E-state index is 0.211. The second-order valence-corrected chi connectivity index (χ2v) is 12.7. The van der Waals surface area contributed by atoms with E-state index in [0.717, 1.165) is 48.8 Å². The third-order valence-corrected chi connectivity index (χ3v) is 9.54. The zero-order chi connectivity index (χ0) is 30.8. The molecule has 2 aromatic heterocycles. The molecular formula is C32H36F2N6O3. The molecule has 0 unspecified atom stereocenters. The normalized spacial score (nSPS) is 18.8. The highest BCUT2D eigenvalue weighted by molar-refractivity contribution is 5.93. The fourth-order valence-corrected chi connectivity index (χ4v) is 7.20. The van der Waals surface area contributed by atoms with E-state index in [1.54, 1.807) is 19.9 Å². The van der Waals surface area contributed by atoms with Crippen molar-refractivity contribution in [2.45, 2.75) is 71.3 Å². The van der Waals surface area contributed by atoms with Crippen LogP contribution in [0.5, 0.6) is 0 Å². The Bertz CT molecular complexity index is 1650. The van der Waals surface area contributed by atoms with Gasteiger partial charge in [0.1, 0.15) is 11.5 Å². The molecule has 0 radical (unpaired) electrons. The first-order chi connectivity index (χ1) is 20.3. The Morgan fingerprint density at radius 3 is 2.30 bits per heavy atom. The van der Waals surface area contributed by atoms with Gasteiger partial charge in [-0.3, -0.25) is 4.79 Å². The van der Waals surface area contributed by atoms with Gasteiger partial charge in [0.2, 0.25) is 0 Å². The number of pyridine rings is 1. The summed E-state index contributed by atoms with van der Waals surface area (Å²) in [5.41, 5.74) is 2.86. The van der Waals surface area contributed by atoms with Gasteiger partial charge in [-0.1, -0.05) is 12.8 Å². The van der Waals surface area contributed by atoms with Gasteiger partial charge in [0.05, 0.1) is 28.7 Å². The molecule has 1 saturated heterocycles. The predicted octanol–water partition coefficient (Wildman–Crippen LogP) is 5.48. The number of carbonyl (C=O) groups excluding carboxylic acids is 1. The van der Waals surface area contributed by atoms with Crippen LogP contribution in [0.3, 0.4) is 0 Å². The lowest BCUT2D eigenvalue weighted by molar-refractivity contribution is 0.0505. The van der Waals surface area contributed by atoms with Crippen molar-refractivity contribution in [1.82, 2.24) is 19.9 Å². The van der Waals surface area contributed by atoms with Crippen LogP contribution in [-0.4, -0.2) is 68.6 Å². The molecule has 43 heavy (non-hydrogen) atoms. The number of aromatic carboxylic acids is 1. The molecule has 4 heterocycles. The Morgan fingerprint density at radius 1 is 0.930 bits per heavy atom. The number of hydrogen-bond acceptors (Lipinski definition) is 7. The number of halogens is 2. The molecule has 1 spiro atoms. The lowest BCUT2D eigenvalue weighted by Crippen LogP contribution is -2.61. The second-order valence-electron chi connectivity index (χ2n) is 12.7. The van der Waals surface area contributed by atoms with E-state index in [2.05, 4.69) is 9.88 Å². The number of fused-ring (bicyclic) bond motifs is 2. The largest absolute Gasteiger partial charge is 0.478 e. The van der Waals surface area contributed by atoms with Gasteiger partial charge in [-0.25, -0.2) is 28.5 Å². The molecular weight excluding hydrogens is 554 g/mol. The lowest BCUT2D eigenvalue weighted by Gasteiger charge is -2.47. The maximum Gasteiger partial charge on any atom is 0.337 e. The Kier molecular flexibility index (Phi) is 6.89. The monoisotopic (exact) mass is 590 g/mol. The van der Waals surface area contributed by atoms with Crippen LogP contribution in [0.1, 0.15) is 82.9 Å². The van der Waals surface area contributed by atoms with Crippen LogP contribution in [0.4, 0.5) is 26.1 Å². The third kappa shape index (κ3) is 4.69. The molecule has 1 N–H and O–H groups in total. The number of piperazine rings is 1. The van der Waals surface area contributed by atoms with Crippen molar-refractivity contribution in [2.75, 3.05) is 36.0 Å². The minimum Gasteiger partial charge on any atom is -0.478 e. The number of rotatable bonds is 4. The van der Waals surface area contributed by atoms with Crippen LogP contribution < -0.4 is 9.80 Å². The molecule has 1 aromatic carbocycles. The van der Waals surface area contributed by atoms with Gasteiger partial charge >= 0.3 is 5.97 Å². The van der Waals surface area contributed by atoms with Gasteiger partial charge in [0, 0.05) is 43.3 Å². The molecule has 0 bridgehead atoms. The lowest BCUT2D eigenvalue weighted by atomic mass is 9.84. The van der Waals surface area contributed by atoms with Crippen LogP contribution in [0.15, 0.2) is 24.4 Å². The van der Waals surface area contributed by atoms with Gasteiger partial charge in [0.15, 0.2) is 17.5 Å². The summed E-state index contributed by atoms with van der Waals surface area (Å²) in [7, 11) is 0. The number of benzene rings is 1. The quantitative estimate of drug-likeness (QED) is 0.426. The molecule has 9 nitrogen and oxygen atoms in total. The molecule has 2 aliphatic heterocycles. The first kappa shape index (κ1) is 28.9. The average Bonchev–Trinajstić information content (AvgIpc) is 3.56. The first-order valence-corrected chi connectivity index (χ1v) is 14.7. The number of amides is 1. The zero-order valence-electron chi connectivity index (χ0n) is 25.2. The van der Waals surface area contributed by atoms with E-state index in [9.17, 15) is 23.5 Å². The summed E-state index contributed by atoms with van der Waals surface area (Å²) in [6.45, 7) is 11.4. The number of nitrogens with zero attached hydrogens (tertiary/aromatic N) is 6. The summed E-state index contributed by atoms with van der Waals surface area (Å²) in [4.78, 5) is 45.9. The highest BCUT2D eigenvalue weighted by Crippen LogP contribution is 2.51. The SMILES string of the molecule is Cc1nc(N2CCN(C(=O)c3cnc4c(n3)C3(CCCC3)CN4c3ccc(F)c(F)c3)C(C)(C)C2)c(C)c(C)c1C(=O)O. The molecule has 6 rings (SSSR count). The minimum atomic E-state index is -0.990. The van der Waals surface area contributed by atoms with E-state index in [-0.39, 0.29) is 22.6 Å². The molecule has 3 aliphatic rings. The van der Waals surface area contributed by atoms with Crippen molar-refractivity contribution in [3.8, 4) is 0 Å². The summed E-state index contributed by atoms with van der Waals surface area (Å²) < 4.78 is 27.8. The van der Waals surface area contributed by atoms with Crippen LogP contribution in [0, 0.1) is 32.4 Å². The molecule has 0 atom stereocenters. The molecule has 1 aliphatic carbocycles. The van der Waals surface area contributed by atoms with Gasteiger partial charge in [0.25, 0.3) is 5.91 Å². The fraction of sp³-hybridized carbons (Fsp3) is 0.469. The first-order valence-electron chi connectivity index (χ1n) is 14.7. The molecule has 11 heteroatoms. The maximum atomic E-state index is 14.2. The number of carboxylic acid groups (broad SMARTS) is 1. The van der Waals surface area contributed by atoms with Crippen LogP contribution in [0.25, 0.3) is 0 Å². The topological polar surface area (TPSA) is 103 Å². The maximum absolute atomic E-state index is 14.2. The van der Waals surface area contributed by atoms with Crippen molar-refractivity contribution >= 4 is 29.2 Å². The molecule has 1 amide bonds. The van der Waals surface area contributed by atoms with Crippen molar-refractivity contribution in [3.05, 3.63) is 69.8 Å². The highest BCUT2D eigenvalue weighted by Gasteiger charge is 2.48. The van der Waals surface area contributed by atoms with Crippen LogP contribution in [0.2, 0.25) is 0 Å². The fourth-order valence-electron chi connectivity index (χ4n) is 7.20. The van der Waals surface area contributed by atoms with E-state index in [0.29, 0.717) is 48.9 Å². The van der Waals surface area contributed by atoms with E-state index >= 15 is 0 Å². The summed E-state index contributed by atoms with van der Waals surface area (Å²) in [6.07, 6.45) is 5.33. The Labute approximate surface area is 249 Å². The predicted molar refractivity (Wildman–Crippen MR) is 158 cm³/mol. The summed E-state index contributed by atoms with van der Waals surface area (Å²) in [5.74, 6) is -1.69. The van der Waals surface area contributed by atoms with Crippen molar-refractivity contribution in [3.63, 3.8) is 0 Å². The van der Waals surface area contributed by atoms with Crippen molar-refractivity contribution < 1.29 is 23.5 Å². The Balaban J connectivity index is 1.29. The van der Waals surface area contributed by atoms with E-state index in [1.807, 2.05) is 30.6 Å². The Hall–Kier alpha value is -4.15. The number of anilines is 3. The van der Waals surface area contributed by atoms with Gasteiger partial charge < -0.3 is 19.8 Å². The van der Waals surface area contributed by atoms with E-state index in [1.165, 1.54) is 12.3 Å². The zero-order valence-corrected chi connectivity index (χ0v) is 25.2. The highest BCUT2D eigenvalue weighted by atomic mass is 19.2. The third-order valence-electron chi connectivity index (χ3n) is 9.54. The number of aromatic nitrogens is 3. The summed E-state index contributed by atoms with van der Waals surface area (Å²) in [5, 5.41) is 9.64. The van der Waals surface area contributed by atoms with E-state index in [4.69, 9.17) is 9.97 Å². The van der Waals surface area contributed by atoms with Gasteiger partial charge in [-0.05, 0) is 70.7 Å². The van der Waals surface area contributed by atoms with E-state index < -0.39 is 23.1 Å². The number of carboxylic acids is 1. The average molecular weight is 591 g/mol. The smallest absolute Gasteiger partial charge is 0.337 e. The number of hydrogen-bond donors (Lipinski definition) is 1. The molecule has 1 saturated carbocycles. The van der Waals surface area contributed by atoms with Crippen LogP contribution >= 0.6 is 0 Å².